The molecule has 1 aliphatic carbocycles. The van der Waals surface area contributed by atoms with Gasteiger partial charge in [0.2, 0.25) is 0 Å². The van der Waals surface area contributed by atoms with Crippen molar-refractivity contribution in [3.05, 3.63) is 0 Å². The molecule has 4 heteroatoms. The average molecular weight is 326 g/mol. The Balaban J connectivity index is 1.90. The first-order valence-electron chi connectivity index (χ1n) is 9.49. The van der Waals surface area contributed by atoms with Crippen molar-refractivity contribution in [3.8, 4) is 0 Å². The first-order chi connectivity index (χ1) is 10.6. The lowest BCUT2D eigenvalue weighted by molar-refractivity contribution is 0.178. The molecule has 0 radical (unpaired) electrons. The van der Waals surface area contributed by atoms with E-state index in [4.69, 9.17) is 12.2 Å². The number of rotatable bonds is 3. The van der Waals surface area contributed by atoms with Gasteiger partial charge in [-0.1, -0.05) is 58.8 Å². The fraction of sp³-hybridized carbons (Fsp3) is 0.944. The van der Waals surface area contributed by atoms with Crippen molar-refractivity contribution in [2.75, 3.05) is 6.54 Å². The summed E-state index contributed by atoms with van der Waals surface area (Å²) in [6, 6.07) is 0. The summed E-state index contributed by atoms with van der Waals surface area (Å²) in [6.45, 7) is 5.57. The Morgan fingerprint density at radius 3 is 1.95 bits per heavy atom. The van der Waals surface area contributed by atoms with Gasteiger partial charge in [0, 0.05) is 6.54 Å². The van der Waals surface area contributed by atoms with Gasteiger partial charge in [-0.3, -0.25) is 5.01 Å². The van der Waals surface area contributed by atoms with E-state index in [-0.39, 0.29) is 5.66 Å². The first kappa shape index (κ1) is 18.0. The molecule has 2 N–H and O–H groups in total. The Hall–Kier alpha value is -0.350. The van der Waals surface area contributed by atoms with E-state index in [9.17, 15) is 0 Å². The smallest absolute Gasteiger partial charge is 0.185 e. The van der Waals surface area contributed by atoms with Crippen LogP contribution in [0.25, 0.3) is 0 Å². The van der Waals surface area contributed by atoms with Crippen LogP contribution in [0.5, 0.6) is 0 Å². The number of hydrogen-bond acceptors (Lipinski definition) is 2. The maximum Gasteiger partial charge on any atom is 0.185 e. The molecule has 0 aromatic rings. The predicted molar refractivity (Wildman–Crippen MR) is 98.5 cm³/mol. The van der Waals surface area contributed by atoms with Gasteiger partial charge < -0.3 is 5.32 Å². The van der Waals surface area contributed by atoms with Crippen LogP contribution in [-0.2, 0) is 0 Å². The van der Waals surface area contributed by atoms with Gasteiger partial charge in [0.15, 0.2) is 5.11 Å². The van der Waals surface area contributed by atoms with Crippen LogP contribution in [0.2, 0.25) is 0 Å². The van der Waals surface area contributed by atoms with Crippen LogP contribution >= 0.6 is 12.2 Å². The van der Waals surface area contributed by atoms with Crippen molar-refractivity contribution in [3.63, 3.8) is 0 Å². The summed E-state index contributed by atoms with van der Waals surface area (Å²) in [5.74, 6) is 0.720. The summed E-state index contributed by atoms with van der Waals surface area (Å²) in [5.41, 5.74) is 3.78. The monoisotopic (exact) mass is 325 g/mol. The van der Waals surface area contributed by atoms with Crippen LogP contribution in [-0.4, -0.2) is 22.3 Å². The van der Waals surface area contributed by atoms with E-state index in [0.29, 0.717) is 0 Å². The second kappa shape index (κ2) is 9.07. The van der Waals surface area contributed by atoms with E-state index >= 15 is 0 Å². The first-order valence-corrected chi connectivity index (χ1v) is 9.90. The third-order valence-corrected chi connectivity index (χ3v) is 5.40. The highest BCUT2D eigenvalue weighted by molar-refractivity contribution is 7.80. The molecule has 0 aromatic carbocycles. The number of thiocarbonyl (C=S) groups is 1. The molecule has 2 fully saturated rings. The van der Waals surface area contributed by atoms with Crippen LogP contribution in [0.4, 0.5) is 0 Å². The topological polar surface area (TPSA) is 27.3 Å². The van der Waals surface area contributed by atoms with Gasteiger partial charge in [0.25, 0.3) is 0 Å². The third-order valence-electron chi connectivity index (χ3n) is 5.08. The zero-order chi connectivity index (χ0) is 15.8. The SMILES string of the molecule is CC(C)CCN1NC2(CCCCCCCCCCC2)NC1=S. The molecular weight excluding hydrogens is 290 g/mol. The molecule has 128 valence electrons. The van der Waals surface area contributed by atoms with Gasteiger partial charge in [-0.05, 0) is 50.2 Å². The van der Waals surface area contributed by atoms with Crippen molar-refractivity contribution < 1.29 is 0 Å². The minimum atomic E-state index is 0.0350. The highest BCUT2D eigenvalue weighted by Gasteiger charge is 2.38. The van der Waals surface area contributed by atoms with Crippen molar-refractivity contribution in [2.45, 2.75) is 96.6 Å². The van der Waals surface area contributed by atoms with Crippen LogP contribution in [0.15, 0.2) is 0 Å². The third kappa shape index (κ3) is 5.69. The molecule has 1 heterocycles. The van der Waals surface area contributed by atoms with Gasteiger partial charge in [-0.25, -0.2) is 5.43 Å². The summed E-state index contributed by atoms with van der Waals surface area (Å²) in [4.78, 5) is 0. The summed E-state index contributed by atoms with van der Waals surface area (Å²) >= 11 is 5.59. The fourth-order valence-corrected chi connectivity index (χ4v) is 3.94. The molecule has 0 aromatic heterocycles. The standard InChI is InChI=1S/C18H35N3S/c1-16(2)12-15-21-17(22)19-18(20-21)13-10-8-6-4-3-5-7-9-11-14-18/h16,20H,3-15H2,1-2H3,(H,19,22). The minimum Gasteiger partial charge on any atom is -0.342 e. The molecule has 1 spiro atoms. The fourth-order valence-electron chi connectivity index (χ4n) is 3.61. The zero-order valence-corrected chi connectivity index (χ0v) is 15.4. The lowest BCUT2D eigenvalue weighted by Gasteiger charge is -2.31. The van der Waals surface area contributed by atoms with Crippen molar-refractivity contribution in [1.29, 1.82) is 0 Å². The lowest BCUT2D eigenvalue weighted by Crippen LogP contribution is -2.51. The molecule has 1 saturated carbocycles. The summed E-state index contributed by atoms with van der Waals surface area (Å²) in [6.07, 6.45) is 16.0. The van der Waals surface area contributed by atoms with E-state index < -0.39 is 0 Å². The van der Waals surface area contributed by atoms with Crippen LogP contribution in [0, 0.1) is 5.92 Å². The van der Waals surface area contributed by atoms with E-state index in [1.165, 1.54) is 77.0 Å². The van der Waals surface area contributed by atoms with Gasteiger partial charge in [0.05, 0.1) is 0 Å². The van der Waals surface area contributed by atoms with Crippen LogP contribution < -0.4 is 10.7 Å². The molecule has 1 aliphatic heterocycles. The molecule has 22 heavy (non-hydrogen) atoms. The minimum absolute atomic E-state index is 0.0350. The second-order valence-corrected chi connectivity index (χ2v) is 8.03. The van der Waals surface area contributed by atoms with Gasteiger partial charge in [-0.15, -0.1) is 0 Å². The normalized spacial score (nSPS) is 24.1. The quantitative estimate of drug-likeness (QED) is 0.734. The molecule has 3 nitrogen and oxygen atoms in total. The number of hydrazine groups is 1. The average Bonchev–Trinajstić information content (AvgIpc) is 2.77. The van der Waals surface area contributed by atoms with Crippen molar-refractivity contribution in [1.82, 2.24) is 15.8 Å². The molecule has 2 rings (SSSR count). The van der Waals surface area contributed by atoms with Gasteiger partial charge in [0.1, 0.15) is 5.66 Å². The number of nitrogens with zero attached hydrogens (tertiary/aromatic N) is 1. The predicted octanol–water partition coefficient (Wildman–Crippen LogP) is 4.73. The van der Waals surface area contributed by atoms with Crippen molar-refractivity contribution in [2.24, 2.45) is 5.92 Å². The molecule has 0 amide bonds. The maximum atomic E-state index is 5.59. The highest BCUT2D eigenvalue weighted by atomic mass is 32.1. The largest absolute Gasteiger partial charge is 0.342 e. The molecule has 0 bridgehead atoms. The lowest BCUT2D eigenvalue weighted by atomic mass is 9.93. The molecule has 0 atom stereocenters. The second-order valence-electron chi connectivity index (χ2n) is 7.64. The molecule has 1 saturated heterocycles. The summed E-state index contributed by atoms with van der Waals surface area (Å²) in [7, 11) is 0. The van der Waals surface area contributed by atoms with Crippen LogP contribution in [0.1, 0.15) is 90.9 Å². The van der Waals surface area contributed by atoms with Crippen LogP contribution in [0.3, 0.4) is 0 Å². The number of hydrogen-bond donors (Lipinski definition) is 2. The van der Waals surface area contributed by atoms with Gasteiger partial charge in [-0.2, -0.15) is 0 Å². The van der Waals surface area contributed by atoms with E-state index in [1.807, 2.05) is 0 Å². The maximum absolute atomic E-state index is 5.59. The highest BCUT2D eigenvalue weighted by Crippen LogP contribution is 2.26. The Morgan fingerprint density at radius 1 is 0.955 bits per heavy atom. The van der Waals surface area contributed by atoms with E-state index in [1.54, 1.807) is 0 Å². The number of nitrogens with one attached hydrogen (secondary N) is 2. The van der Waals surface area contributed by atoms with Crippen molar-refractivity contribution >= 4 is 17.3 Å². The molecular formula is C18H35N3S. The Kier molecular flexibility index (Phi) is 7.42. The zero-order valence-electron chi connectivity index (χ0n) is 14.6. The Labute approximate surface area is 142 Å². The Bertz CT molecular complexity index is 331. The summed E-state index contributed by atoms with van der Waals surface area (Å²) < 4.78 is 0. The van der Waals surface area contributed by atoms with Gasteiger partial charge >= 0.3 is 0 Å². The van der Waals surface area contributed by atoms with E-state index in [2.05, 4.69) is 29.6 Å². The molecule has 0 unspecified atom stereocenters. The summed E-state index contributed by atoms with van der Waals surface area (Å²) in [5, 5.41) is 6.75. The van der Waals surface area contributed by atoms with E-state index in [0.717, 1.165) is 17.6 Å². The Morgan fingerprint density at radius 2 is 1.45 bits per heavy atom. The molecule has 2 aliphatic rings.